The number of nitrogens with zero attached hydrogens (tertiary/aromatic N) is 3. The lowest BCUT2D eigenvalue weighted by Gasteiger charge is -2.19. The number of hydrogen-bond donors (Lipinski definition) is 3. The van der Waals surface area contributed by atoms with Crippen LogP contribution in [0.2, 0.25) is 0 Å². The molecule has 1 aromatic heterocycles. The van der Waals surface area contributed by atoms with Gasteiger partial charge in [0.15, 0.2) is 5.84 Å². The number of H-pyrrole nitrogens is 1. The first-order valence-corrected chi connectivity index (χ1v) is 4.77. The standard InChI is InChI=1S/C9H15N5O2/c1-6(8(10)13-16)9(15)14(2)5-7-11-3-4-12-7/h3-4,6,16H,5H2,1-2H3,(H2,10,13)(H,11,12). The summed E-state index contributed by atoms with van der Waals surface area (Å²) >= 11 is 0. The maximum Gasteiger partial charge on any atom is 0.233 e. The van der Waals surface area contributed by atoms with Gasteiger partial charge in [0.05, 0.1) is 12.5 Å². The van der Waals surface area contributed by atoms with Gasteiger partial charge in [0.1, 0.15) is 5.82 Å². The number of nitrogens with one attached hydrogen (secondary N) is 1. The van der Waals surface area contributed by atoms with Crippen LogP contribution < -0.4 is 5.73 Å². The first-order chi connectivity index (χ1) is 7.56. The van der Waals surface area contributed by atoms with Gasteiger partial charge in [-0.15, -0.1) is 0 Å². The van der Waals surface area contributed by atoms with Crippen LogP contribution in [0.15, 0.2) is 17.5 Å². The Bertz CT molecular complexity index is 373. The molecule has 0 saturated carbocycles. The van der Waals surface area contributed by atoms with E-state index in [9.17, 15) is 4.79 Å². The molecule has 4 N–H and O–H groups in total. The van der Waals surface area contributed by atoms with Crippen molar-refractivity contribution in [1.29, 1.82) is 0 Å². The molecule has 7 heteroatoms. The fourth-order valence-corrected chi connectivity index (χ4v) is 1.23. The van der Waals surface area contributed by atoms with Gasteiger partial charge in [0, 0.05) is 19.4 Å². The van der Waals surface area contributed by atoms with Gasteiger partial charge in [0.2, 0.25) is 5.91 Å². The van der Waals surface area contributed by atoms with E-state index in [1.54, 1.807) is 26.4 Å². The highest BCUT2D eigenvalue weighted by atomic mass is 16.4. The summed E-state index contributed by atoms with van der Waals surface area (Å²) in [5, 5.41) is 11.3. The predicted octanol–water partition coefficient (Wildman–Crippen LogP) is -0.249. The summed E-state index contributed by atoms with van der Waals surface area (Å²) in [4.78, 5) is 20.1. The average molecular weight is 225 g/mol. The largest absolute Gasteiger partial charge is 0.409 e. The van der Waals surface area contributed by atoms with Crippen LogP contribution in [0.1, 0.15) is 12.7 Å². The third kappa shape index (κ3) is 2.72. The quantitative estimate of drug-likeness (QED) is 0.284. The highest BCUT2D eigenvalue weighted by molar-refractivity contribution is 6.01. The zero-order chi connectivity index (χ0) is 12.1. The summed E-state index contributed by atoms with van der Waals surface area (Å²) in [6.45, 7) is 1.94. The van der Waals surface area contributed by atoms with Crippen molar-refractivity contribution in [3.63, 3.8) is 0 Å². The van der Waals surface area contributed by atoms with Gasteiger partial charge in [-0.2, -0.15) is 0 Å². The van der Waals surface area contributed by atoms with E-state index in [4.69, 9.17) is 10.9 Å². The third-order valence-corrected chi connectivity index (χ3v) is 2.25. The van der Waals surface area contributed by atoms with Crippen LogP contribution in [0, 0.1) is 5.92 Å². The fourth-order valence-electron chi connectivity index (χ4n) is 1.23. The smallest absolute Gasteiger partial charge is 0.233 e. The maximum atomic E-state index is 11.8. The second-order valence-electron chi connectivity index (χ2n) is 3.48. The van der Waals surface area contributed by atoms with Crippen LogP contribution in [0.5, 0.6) is 0 Å². The Morgan fingerprint density at radius 2 is 2.50 bits per heavy atom. The van der Waals surface area contributed by atoms with E-state index >= 15 is 0 Å². The van der Waals surface area contributed by atoms with Crippen LogP contribution in [0.25, 0.3) is 0 Å². The molecule has 1 aromatic rings. The second kappa shape index (κ2) is 5.15. The summed E-state index contributed by atoms with van der Waals surface area (Å²) in [6.07, 6.45) is 3.29. The van der Waals surface area contributed by atoms with Crippen LogP contribution >= 0.6 is 0 Å². The number of imidazole rings is 1. The number of rotatable bonds is 4. The van der Waals surface area contributed by atoms with Crippen molar-refractivity contribution in [1.82, 2.24) is 14.9 Å². The summed E-state index contributed by atoms with van der Waals surface area (Å²) in [6, 6.07) is 0. The molecule has 0 bridgehead atoms. The Morgan fingerprint density at radius 3 is 3.00 bits per heavy atom. The van der Waals surface area contributed by atoms with Gasteiger partial charge >= 0.3 is 0 Å². The normalized spacial score (nSPS) is 13.5. The Hall–Kier alpha value is -2.05. The Balaban J connectivity index is 2.60. The summed E-state index contributed by atoms with van der Waals surface area (Å²) in [5.41, 5.74) is 5.36. The molecule has 0 aliphatic heterocycles. The Morgan fingerprint density at radius 1 is 1.81 bits per heavy atom. The van der Waals surface area contributed by atoms with Gasteiger partial charge < -0.3 is 20.8 Å². The lowest BCUT2D eigenvalue weighted by molar-refractivity contribution is -0.132. The average Bonchev–Trinajstić information content (AvgIpc) is 2.78. The summed E-state index contributed by atoms with van der Waals surface area (Å²) < 4.78 is 0. The number of carbonyl (C=O) groups is 1. The van der Waals surface area contributed by atoms with Gasteiger partial charge in [0.25, 0.3) is 0 Å². The predicted molar refractivity (Wildman–Crippen MR) is 57.6 cm³/mol. The number of nitrogens with two attached hydrogens (primary N) is 1. The molecule has 0 fully saturated rings. The third-order valence-electron chi connectivity index (χ3n) is 2.25. The molecule has 1 rings (SSSR count). The zero-order valence-corrected chi connectivity index (χ0v) is 9.21. The molecule has 0 saturated heterocycles. The number of aromatic nitrogens is 2. The molecule has 7 nitrogen and oxygen atoms in total. The van der Waals surface area contributed by atoms with E-state index in [1.807, 2.05) is 0 Å². The van der Waals surface area contributed by atoms with E-state index in [0.29, 0.717) is 12.4 Å². The monoisotopic (exact) mass is 225 g/mol. The van der Waals surface area contributed by atoms with Gasteiger partial charge in [-0.05, 0) is 6.92 Å². The van der Waals surface area contributed by atoms with Crippen molar-refractivity contribution in [3.8, 4) is 0 Å². The number of oxime groups is 1. The zero-order valence-electron chi connectivity index (χ0n) is 9.21. The first-order valence-electron chi connectivity index (χ1n) is 4.77. The van der Waals surface area contributed by atoms with E-state index in [2.05, 4.69) is 15.1 Å². The van der Waals surface area contributed by atoms with E-state index in [1.165, 1.54) is 4.90 Å². The number of hydrogen-bond acceptors (Lipinski definition) is 4. The van der Waals surface area contributed by atoms with Gasteiger partial charge in [-0.1, -0.05) is 5.16 Å². The first kappa shape index (κ1) is 12.0. The second-order valence-corrected chi connectivity index (χ2v) is 3.48. The van der Waals surface area contributed by atoms with Crippen molar-refractivity contribution in [2.45, 2.75) is 13.5 Å². The molecule has 0 aliphatic rings. The Kier molecular flexibility index (Phi) is 3.87. The molecular formula is C9H15N5O2. The lowest BCUT2D eigenvalue weighted by Crippen LogP contribution is -2.38. The molecule has 1 heterocycles. The maximum absolute atomic E-state index is 11.8. The topological polar surface area (TPSA) is 108 Å². The minimum Gasteiger partial charge on any atom is -0.409 e. The molecule has 1 unspecified atom stereocenters. The molecular weight excluding hydrogens is 210 g/mol. The number of aromatic amines is 1. The molecule has 0 spiro atoms. The minimum atomic E-state index is -0.648. The molecule has 1 amide bonds. The summed E-state index contributed by atoms with van der Waals surface area (Å²) in [7, 11) is 1.63. The highest BCUT2D eigenvalue weighted by Gasteiger charge is 2.21. The molecule has 0 aliphatic carbocycles. The lowest BCUT2D eigenvalue weighted by atomic mass is 10.1. The van der Waals surface area contributed by atoms with Crippen LogP contribution in [0.3, 0.4) is 0 Å². The molecule has 0 aromatic carbocycles. The Labute approximate surface area is 93.0 Å². The van der Waals surface area contributed by atoms with Gasteiger partial charge in [-0.3, -0.25) is 4.79 Å². The minimum absolute atomic E-state index is 0.101. The molecule has 88 valence electrons. The van der Waals surface area contributed by atoms with Crippen LogP contribution in [-0.2, 0) is 11.3 Å². The number of carbonyl (C=O) groups excluding carboxylic acids is 1. The van der Waals surface area contributed by atoms with Crippen molar-refractivity contribution >= 4 is 11.7 Å². The van der Waals surface area contributed by atoms with Crippen molar-refractivity contribution < 1.29 is 10.0 Å². The number of amides is 1. The van der Waals surface area contributed by atoms with Crippen molar-refractivity contribution in [3.05, 3.63) is 18.2 Å². The van der Waals surface area contributed by atoms with E-state index in [0.717, 1.165) is 0 Å². The van der Waals surface area contributed by atoms with E-state index < -0.39 is 5.92 Å². The number of amidine groups is 1. The summed E-state index contributed by atoms with van der Waals surface area (Å²) in [5.74, 6) is -0.296. The van der Waals surface area contributed by atoms with Crippen LogP contribution in [-0.4, -0.2) is 38.9 Å². The molecule has 16 heavy (non-hydrogen) atoms. The van der Waals surface area contributed by atoms with Crippen LogP contribution in [0.4, 0.5) is 0 Å². The highest BCUT2D eigenvalue weighted by Crippen LogP contribution is 2.04. The fraction of sp³-hybridized carbons (Fsp3) is 0.444. The SMILES string of the molecule is CC(C(=O)N(C)Cc1ncc[nH]1)C(N)=NO. The molecule has 1 atom stereocenters. The van der Waals surface area contributed by atoms with E-state index in [-0.39, 0.29) is 11.7 Å². The molecule has 0 radical (unpaired) electrons. The van der Waals surface area contributed by atoms with Crippen molar-refractivity contribution in [2.75, 3.05) is 7.05 Å². The van der Waals surface area contributed by atoms with Gasteiger partial charge in [-0.25, -0.2) is 4.98 Å². The van der Waals surface area contributed by atoms with Crippen molar-refractivity contribution in [2.24, 2.45) is 16.8 Å².